The first-order valence-corrected chi connectivity index (χ1v) is 6.83. The van der Waals surface area contributed by atoms with Crippen LogP contribution in [0, 0.1) is 0 Å². The van der Waals surface area contributed by atoms with Crippen LogP contribution in [0.4, 0.5) is 0 Å². The number of benzene rings is 1. The Morgan fingerprint density at radius 1 is 1.16 bits per heavy atom. The standard InChI is InChI=1S/C15H22N2O2/c1-16-8-5-9-17(11-10-16)15(18)13-19-12-14-6-3-2-4-7-14/h2-4,6-7H,5,8-13H2,1H3. The third-order valence-corrected chi connectivity index (χ3v) is 3.41. The minimum absolute atomic E-state index is 0.103. The van der Waals surface area contributed by atoms with E-state index in [9.17, 15) is 4.79 Å². The van der Waals surface area contributed by atoms with Gasteiger partial charge in [-0.25, -0.2) is 0 Å². The number of nitrogens with zero attached hydrogens (tertiary/aromatic N) is 2. The Labute approximate surface area is 115 Å². The molecule has 0 N–H and O–H groups in total. The van der Waals surface area contributed by atoms with Crippen LogP contribution in [0.25, 0.3) is 0 Å². The number of ether oxygens (including phenoxy) is 1. The predicted molar refractivity (Wildman–Crippen MR) is 74.8 cm³/mol. The lowest BCUT2D eigenvalue weighted by Gasteiger charge is -2.20. The van der Waals surface area contributed by atoms with Crippen molar-refractivity contribution < 1.29 is 9.53 Å². The van der Waals surface area contributed by atoms with Gasteiger partial charge in [0.05, 0.1) is 6.61 Å². The average Bonchev–Trinajstić information content (AvgIpc) is 2.65. The quantitative estimate of drug-likeness (QED) is 0.821. The number of hydrogen-bond acceptors (Lipinski definition) is 3. The Hall–Kier alpha value is -1.39. The molecule has 0 bridgehead atoms. The summed E-state index contributed by atoms with van der Waals surface area (Å²) >= 11 is 0. The topological polar surface area (TPSA) is 32.8 Å². The summed E-state index contributed by atoms with van der Waals surface area (Å²) in [6.45, 7) is 4.35. The molecule has 4 heteroatoms. The van der Waals surface area contributed by atoms with Crippen LogP contribution in [0.1, 0.15) is 12.0 Å². The third kappa shape index (κ3) is 4.65. The van der Waals surface area contributed by atoms with Gasteiger partial charge in [-0.05, 0) is 25.6 Å². The van der Waals surface area contributed by atoms with Crippen molar-refractivity contribution in [2.24, 2.45) is 0 Å². The lowest BCUT2D eigenvalue weighted by atomic mass is 10.2. The monoisotopic (exact) mass is 262 g/mol. The first-order chi connectivity index (χ1) is 9.25. The Morgan fingerprint density at radius 2 is 1.95 bits per heavy atom. The Bertz CT molecular complexity index is 394. The van der Waals surface area contributed by atoms with Crippen molar-refractivity contribution in [3.05, 3.63) is 35.9 Å². The number of hydrogen-bond donors (Lipinski definition) is 0. The fourth-order valence-electron chi connectivity index (χ4n) is 2.22. The largest absolute Gasteiger partial charge is 0.367 e. The number of rotatable bonds is 4. The minimum atomic E-state index is 0.103. The maximum atomic E-state index is 12.0. The average molecular weight is 262 g/mol. The van der Waals surface area contributed by atoms with Crippen molar-refractivity contribution >= 4 is 5.91 Å². The van der Waals surface area contributed by atoms with Gasteiger partial charge in [0.25, 0.3) is 0 Å². The van der Waals surface area contributed by atoms with E-state index < -0.39 is 0 Å². The molecule has 0 aromatic heterocycles. The van der Waals surface area contributed by atoms with Crippen molar-refractivity contribution in [3.63, 3.8) is 0 Å². The van der Waals surface area contributed by atoms with Gasteiger partial charge in [0.2, 0.25) is 5.91 Å². The maximum absolute atomic E-state index is 12.0. The first kappa shape index (κ1) is 14.0. The van der Waals surface area contributed by atoms with Crippen LogP contribution in [-0.4, -0.2) is 55.5 Å². The highest BCUT2D eigenvalue weighted by Gasteiger charge is 2.17. The fourth-order valence-corrected chi connectivity index (χ4v) is 2.22. The van der Waals surface area contributed by atoms with Gasteiger partial charge < -0.3 is 14.5 Å². The van der Waals surface area contributed by atoms with Crippen LogP contribution in [0.2, 0.25) is 0 Å². The molecule has 0 spiro atoms. The summed E-state index contributed by atoms with van der Waals surface area (Å²) in [6.07, 6.45) is 1.04. The SMILES string of the molecule is CN1CCCN(C(=O)COCc2ccccc2)CC1. The fraction of sp³-hybridized carbons (Fsp3) is 0.533. The summed E-state index contributed by atoms with van der Waals surface area (Å²) < 4.78 is 5.50. The molecule has 1 saturated heterocycles. The molecule has 1 heterocycles. The zero-order valence-corrected chi connectivity index (χ0v) is 11.5. The van der Waals surface area contributed by atoms with E-state index in [4.69, 9.17) is 4.74 Å². The molecule has 1 aliphatic rings. The molecule has 1 amide bonds. The highest BCUT2D eigenvalue weighted by molar-refractivity contribution is 5.77. The summed E-state index contributed by atoms with van der Waals surface area (Å²) in [5, 5.41) is 0. The van der Waals surface area contributed by atoms with Gasteiger partial charge in [0.15, 0.2) is 0 Å². The summed E-state index contributed by atoms with van der Waals surface area (Å²) in [4.78, 5) is 16.2. The Morgan fingerprint density at radius 3 is 2.74 bits per heavy atom. The van der Waals surface area contributed by atoms with E-state index in [-0.39, 0.29) is 12.5 Å². The van der Waals surface area contributed by atoms with Crippen molar-refractivity contribution in [2.75, 3.05) is 39.8 Å². The second-order valence-electron chi connectivity index (χ2n) is 5.02. The van der Waals surface area contributed by atoms with Crippen LogP contribution in [0.15, 0.2) is 30.3 Å². The molecule has 1 fully saturated rings. The zero-order chi connectivity index (χ0) is 13.5. The molecule has 19 heavy (non-hydrogen) atoms. The summed E-state index contributed by atoms with van der Waals surface area (Å²) in [5.41, 5.74) is 1.10. The van der Waals surface area contributed by atoms with Crippen molar-refractivity contribution in [2.45, 2.75) is 13.0 Å². The molecule has 1 aromatic rings. The smallest absolute Gasteiger partial charge is 0.248 e. The number of carbonyl (C=O) groups excluding carboxylic acids is 1. The van der Waals surface area contributed by atoms with Gasteiger partial charge >= 0.3 is 0 Å². The number of carbonyl (C=O) groups is 1. The van der Waals surface area contributed by atoms with E-state index in [1.807, 2.05) is 35.2 Å². The highest BCUT2D eigenvalue weighted by Crippen LogP contribution is 2.04. The third-order valence-electron chi connectivity index (χ3n) is 3.41. The predicted octanol–water partition coefficient (Wildman–Crippen LogP) is 1.37. The molecular weight excluding hydrogens is 240 g/mol. The summed E-state index contributed by atoms with van der Waals surface area (Å²) in [7, 11) is 2.10. The van der Waals surface area contributed by atoms with Crippen molar-refractivity contribution in [1.29, 1.82) is 0 Å². The van der Waals surface area contributed by atoms with Crippen molar-refractivity contribution in [3.8, 4) is 0 Å². The molecular formula is C15H22N2O2. The Balaban J connectivity index is 1.72. The van der Waals surface area contributed by atoms with Crippen LogP contribution in [0.3, 0.4) is 0 Å². The zero-order valence-electron chi connectivity index (χ0n) is 11.5. The van der Waals surface area contributed by atoms with Gasteiger partial charge in [-0.15, -0.1) is 0 Å². The van der Waals surface area contributed by atoms with Crippen LogP contribution in [0.5, 0.6) is 0 Å². The molecule has 0 aliphatic carbocycles. The second-order valence-corrected chi connectivity index (χ2v) is 5.02. The van der Waals surface area contributed by atoms with Gasteiger partial charge in [-0.1, -0.05) is 30.3 Å². The van der Waals surface area contributed by atoms with E-state index >= 15 is 0 Å². The van der Waals surface area contributed by atoms with Gasteiger partial charge in [0, 0.05) is 19.6 Å². The summed E-state index contributed by atoms with van der Waals surface area (Å²) in [5.74, 6) is 0.103. The number of likely N-dealkylation sites (N-methyl/N-ethyl adjacent to an activating group) is 1. The molecule has 1 aliphatic heterocycles. The van der Waals surface area contributed by atoms with E-state index in [1.165, 1.54) is 0 Å². The molecule has 4 nitrogen and oxygen atoms in total. The molecule has 0 saturated carbocycles. The molecule has 0 atom stereocenters. The second kappa shape index (κ2) is 7.26. The Kier molecular flexibility index (Phi) is 5.36. The van der Waals surface area contributed by atoms with E-state index in [1.54, 1.807) is 0 Å². The molecule has 0 radical (unpaired) electrons. The van der Waals surface area contributed by atoms with Gasteiger partial charge in [-0.2, -0.15) is 0 Å². The van der Waals surface area contributed by atoms with Gasteiger partial charge in [-0.3, -0.25) is 4.79 Å². The molecule has 104 valence electrons. The highest BCUT2D eigenvalue weighted by atomic mass is 16.5. The summed E-state index contributed by atoms with van der Waals surface area (Å²) in [6, 6.07) is 9.94. The lowest BCUT2D eigenvalue weighted by molar-refractivity contribution is -0.136. The van der Waals surface area contributed by atoms with Crippen molar-refractivity contribution in [1.82, 2.24) is 9.80 Å². The lowest BCUT2D eigenvalue weighted by Crippen LogP contribution is -2.36. The normalized spacial score (nSPS) is 17.2. The van der Waals surface area contributed by atoms with Crippen LogP contribution < -0.4 is 0 Å². The molecule has 1 aromatic carbocycles. The van der Waals surface area contributed by atoms with Gasteiger partial charge in [0.1, 0.15) is 6.61 Å². The van der Waals surface area contributed by atoms with E-state index in [2.05, 4.69) is 11.9 Å². The maximum Gasteiger partial charge on any atom is 0.248 e. The van der Waals surface area contributed by atoms with Crippen LogP contribution in [-0.2, 0) is 16.1 Å². The van der Waals surface area contributed by atoms with E-state index in [0.29, 0.717) is 6.61 Å². The van der Waals surface area contributed by atoms with E-state index in [0.717, 1.165) is 38.2 Å². The number of amides is 1. The van der Waals surface area contributed by atoms with Crippen LogP contribution >= 0.6 is 0 Å². The molecule has 0 unspecified atom stereocenters. The minimum Gasteiger partial charge on any atom is -0.367 e. The first-order valence-electron chi connectivity index (χ1n) is 6.83. The molecule has 2 rings (SSSR count).